The van der Waals surface area contributed by atoms with E-state index in [-0.39, 0.29) is 19.1 Å². The third-order valence-corrected chi connectivity index (χ3v) is 3.72. The Morgan fingerprint density at radius 1 is 1.12 bits per heavy atom. The summed E-state index contributed by atoms with van der Waals surface area (Å²) in [4.78, 5) is 23.7. The van der Waals surface area contributed by atoms with Gasteiger partial charge in [-0.3, -0.25) is 9.59 Å². The lowest BCUT2D eigenvalue weighted by atomic mass is 10.2. The van der Waals surface area contributed by atoms with Crippen LogP contribution in [0.2, 0.25) is 5.02 Å². The van der Waals surface area contributed by atoms with Gasteiger partial charge in [-0.25, -0.2) is 0 Å². The number of hydrogen-bond donors (Lipinski definition) is 2. The van der Waals surface area contributed by atoms with E-state index in [9.17, 15) is 9.59 Å². The van der Waals surface area contributed by atoms with E-state index in [4.69, 9.17) is 21.1 Å². The number of amides is 2. The maximum atomic E-state index is 12.0. The molecule has 0 heterocycles. The molecule has 0 atom stereocenters. The highest BCUT2D eigenvalue weighted by Gasteiger charge is 2.11. The molecule has 0 saturated heterocycles. The van der Waals surface area contributed by atoms with Crippen LogP contribution in [0.1, 0.15) is 5.56 Å². The molecule has 0 spiro atoms. The zero-order valence-corrected chi connectivity index (χ0v) is 14.7. The van der Waals surface area contributed by atoms with Crippen LogP contribution >= 0.6 is 11.6 Å². The number of ether oxygens (including phenoxy) is 2. The molecule has 2 N–H and O–H groups in total. The minimum absolute atomic E-state index is 0.166. The fourth-order valence-corrected chi connectivity index (χ4v) is 2.17. The fraction of sp³-hybridized carbons (Fsp3) is 0.222. The van der Waals surface area contributed by atoms with E-state index in [1.165, 1.54) is 7.11 Å². The Bertz CT molecular complexity index is 750. The summed E-state index contributed by atoms with van der Waals surface area (Å²) in [5.41, 5.74) is 1.29. The normalized spacial score (nSPS) is 10.0. The minimum Gasteiger partial charge on any atom is -0.495 e. The molecule has 6 nitrogen and oxygen atoms in total. The van der Waals surface area contributed by atoms with Crippen LogP contribution in [-0.2, 0) is 9.59 Å². The third-order valence-electron chi connectivity index (χ3n) is 3.31. The van der Waals surface area contributed by atoms with Crippen molar-refractivity contribution in [2.45, 2.75) is 6.92 Å². The number of methoxy groups -OCH3 is 1. The molecule has 2 rings (SSSR count). The highest BCUT2D eigenvalue weighted by Crippen LogP contribution is 2.30. The quantitative estimate of drug-likeness (QED) is 0.794. The average molecular weight is 363 g/mol. The lowest BCUT2D eigenvalue weighted by molar-refractivity contribution is -0.125. The van der Waals surface area contributed by atoms with Crippen molar-refractivity contribution in [3.05, 3.63) is 53.1 Å². The second-order valence-electron chi connectivity index (χ2n) is 5.23. The number of halogens is 1. The van der Waals surface area contributed by atoms with Crippen molar-refractivity contribution < 1.29 is 19.1 Å². The predicted octanol–water partition coefficient (Wildman–Crippen LogP) is 2.79. The SMILES string of the molecule is COc1cc(Cl)c(C)cc1NC(=O)CNC(=O)COc1ccccc1. The zero-order chi connectivity index (χ0) is 18.2. The molecule has 0 fully saturated rings. The van der Waals surface area contributed by atoms with Crippen molar-refractivity contribution >= 4 is 29.1 Å². The topological polar surface area (TPSA) is 76.7 Å². The van der Waals surface area contributed by atoms with E-state index in [0.29, 0.717) is 22.2 Å². The first-order valence-corrected chi connectivity index (χ1v) is 7.96. The summed E-state index contributed by atoms with van der Waals surface area (Å²) in [7, 11) is 1.49. The molecule has 2 amide bonds. The first-order chi connectivity index (χ1) is 12.0. The van der Waals surface area contributed by atoms with E-state index in [1.807, 2.05) is 25.1 Å². The number of hydrogen-bond acceptors (Lipinski definition) is 4. The van der Waals surface area contributed by atoms with Crippen molar-refractivity contribution in [2.24, 2.45) is 0 Å². The molecule has 0 aliphatic rings. The molecular formula is C18H19ClN2O4. The van der Waals surface area contributed by atoms with Gasteiger partial charge in [-0.1, -0.05) is 29.8 Å². The zero-order valence-electron chi connectivity index (χ0n) is 14.0. The van der Waals surface area contributed by atoms with Crippen molar-refractivity contribution in [3.63, 3.8) is 0 Å². The molecule has 132 valence electrons. The van der Waals surface area contributed by atoms with Gasteiger partial charge >= 0.3 is 0 Å². The molecule has 0 aromatic heterocycles. The molecule has 2 aromatic carbocycles. The van der Waals surface area contributed by atoms with Gasteiger partial charge in [0.2, 0.25) is 5.91 Å². The summed E-state index contributed by atoms with van der Waals surface area (Å²) in [5, 5.41) is 5.72. The van der Waals surface area contributed by atoms with Gasteiger partial charge in [0.25, 0.3) is 5.91 Å². The summed E-state index contributed by atoms with van der Waals surface area (Å²) < 4.78 is 10.5. The Kier molecular flexibility index (Phi) is 6.65. The van der Waals surface area contributed by atoms with Gasteiger partial charge < -0.3 is 20.1 Å². The summed E-state index contributed by atoms with van der Waals surface area (Å²) >= 11 is 6.03. The average Bonchev–Trinajstić information content (AvgIpc) is 2.62. The minimum atomic E-state index is -0.391. The Labute approximate surface area is 151 Å². The number of carbonyl (C=O) groups excluding carboxylic acids is 2. The van der Waals surface area contributed by atoms with Crippen molar-refractivity contribution in [2.75, 3.05) is 25.6 Å². The maximum Gasteiger partial charge on any atom is 0.258 e. The summed E-state index contributed by atoms with van der Waals surface area (Å²) in [6.07, 6.45) is 0. The molecule has 0 saturated carbocycles. The van der Waals surface area contributed by atoms with E-state index in [2.05, 4.69) is 10.6 Å². The van der Waals surface area contributed by atoms with E-state index in [0.717, 1.165) is 5.56 Å². The van der Waals surface area contributed by atoms with Crippen LogP contribution in [0.3, 0.4) is 0 Å². The molecule has 0 bridgehead atoms. The molecular weight excluding hydrogens is 344 g/mol. The number of nitrogens with one attached hydrogen (secondary N) is 2. The molecule has 7 heteroatoms. The first kappa shape index (κ1) is 18.6. The van der Waals surface area contributed by atoms with Gasteiger partial charge in [0.15, 0.2) is 6.61 Å². The van der Waals surface area contributed by atoms with E-state index >= 15 is 0 Å². The summed E-state index contributed by atoms with van der Waals surface area (Å²) in [6.45, 7) is 1.47. The molecule has 0 unspecified atom stereocenters. The van der Waals surface area contributed by atoms with E-state index < -0.39 is 5.91 Å². The van der Waals surface area contributed by atoms with Crippen molar-refractivity contribution in [1.29, 1.82) is 0 Å². The van der Waals surface area contributed by atoms with Crippen LogP contribution in [0.25, 0.3) is 0 Å². The van der Waals surface area contributed by atoms with Gasteiger partial charge in [0.1, 0.15) is 11.5 Å². The van der Waals surface area contributed by atoms with Crippen LogP contribution in [0.4, 0.5) is 5.69 Å². The molecule has 25 heavy (non-hydrogen) atoms. The van der Waals surface area contributed by atoms with Crippen LogP contribution in [0, 0.1) is 6.92 Å². The number of para-hydroxylation sites is 1. The van der Waals surface area contributed by atoms with Crippen molar-refractivity contribution in [1.82, 2.24) is 5.32 Å². The van der Waals surface area contributed by atoms with Gasteiger partial charge in [-0.2, -0.15) is 0 Å². The number of benzene rings is 2. The standard InChI is InChI=1S/C18H19ClN2O4/c1-12-8-15(16(24-2)9-14(12)19)21-17(22)10-20-18(23)11-25-13-6-4-3-5-7-13/h3-9H,10-11H2,1-2H3,(H,20,23)(H,21,22). The van der Waals surface area contributed by atoms with Gasteiger partial charge in [-0.15, -0.1) is 0 Å². The molecule has 0 radical (unpaired) electrons. The Hall–Kier alpha value is -2.73. The van der Waals surface area contributed by atoms with Crippen LogP contribution in [0.5, 0.6) is 11.5 Å². The molecule has 0 aliphatic heterocycles. The van der Waals surface area contributed by atoms with Crippen LogP contribution in [0.15, 0.2) is 42.5 Å². The van der Waals surface area contributed by atoms with Gasteiger partial charge in [0, 0.05) is 11.1 Å². The smallest absolute Gasteiger partial charge is 0.258 e. The lowest BCUT2D eigenvalue weighted by Crippen LogP contribution is -2.35. The predicted molar refractivity (Wildman–Crippen MR) is 96.3 cm³/mol. The van der Waals surface area contributed by atoms with Crippen LogP contribution in [-0.4, -0.2) is 32.1 Å². The third kappa shape index (κ3) is 5.69. The largest absolute Gasteiger partial charge is 0.495 e. The highest BCUT2D eigenvalue weighted by atomic mass is 35.5. The molecule has 0 aliphatic carbocycles. The molecule has 2 aromatic rings. The lowest BCUT2D eigenvalue weighted by Gasteiger charge is -2.12. The van der Waals surface area contributed by atoms with E-state index in [1.54, 1.807) is 24.3 Å². The second kappa shape index (κ2) is 8.94. The van der Waals surface area contributed by atoms with Gasteiger partial charge in [0.05, 0.1) is 19.3 Å². The summed E-state index contributed by atoms with van der Waals surface area (Å²) in [6, 6.07) is 12.3. The van der Waals surface area contributed by atoms with Crippen molar-refractivity contribution in [3.8, 4) is 11.5 Å². The number of anilines is 1. The second-order valence-corrected chi connectivity index (χ2v) is 5.64. The Morgan fingerprint density at radius 3 is 2.52 bits per heavy atom. The Morgan fingerprint density at radius 2 is 1.84 bits per heavy atom. The monoisotopic (exact) mass is 362 g/mol. The highest BCUT2D eigenvalue weighted by molar-refractivity contribution is 6.31. The fourth-order valence-electron chi connectivity index (χ4n) is 2.02. The number of carbonyl (C=O) groups is 2. The number of rotatable bonds is 7. The summed E-state index contributed by atoms with van der Waals surface area (Å²) in [5.74, 6) is 0.262. The van der Waals surface area contributed by atoms with Gasteiger partial charge in [-0.05, 0) is 30.7 Å². The first-order valence-electron chi connectivity index (χ1n) is 7.58. The number of aryl methyl sites for hydroxylation is 1. The van der Waals surface area contributed by atoms with Crippen LogP contribution < -0.4 is 20.1 Å². The Balaban J connectivity index is 1.82. The maximum absolute atomic E-state index is 12.0.